The molecule has 1 nitrogen and oxygen atoms in total. The average Bonchev–Trinajstić information content (AvgIpc) is 3.00. The molecule has 1 N–H and O–H groups in total. The summed E-state index contributed by atoms with van der Waals surface area (Å²) in [5, 5.41) is 5.17. The van der Waals surface area contributed by atoms with Gasteiger partial charge in [-0.2, -0.15) is 0 Å². The average molecular weight is 298 g/mol. The second-order valence-corrected chi connectivity index (χ2v) is 7.02. The molecular formula is C16H21Cl2N. The summed E-state index contributed by atoms with van der Waals surface area (Å²) in [5.74, 6) is 2.80. The van der Waals surface area contributed by atoms with Crippen LogP contribution in [0.15, 0.2) is 18.2 Å². The number of hydrogen-bond acceptors (Lipinski definition) is 1. The molecular weight excluding hydrogens is 277 g/mol. The minimum atomic E-state index is 0.558. The quantitative estimate of drug-likeness (QED) is 0.833. The summed E-state index contributed by atoms with van der Waals surface area (Å²) >= 11 is 12.4. The maximum atomic E-state index is 6.21. The molecule has 0 amide bonds. The van der Waals surface area contributed by atoms with Crippen molar-refractivity contribution in [3.05, 3.63) is 33.8 Å². The Morgan fingerprint density at radius 1 is 1.21 bits per heavy atom. The Labute approximate surface area is 125 Å². The standard InChI is InChI=1S/C16H21Cl2N/c1-10(13-8-11-5-6-12(13)7-11)19-9-14-15(17)3-2-4-16(14)18/h2-4,10-13,19H,5-9H2,1H3. The minimum absolute atomic E-state index is 0.558. The zero-order valence-electron chi connectivity index (χ0n) is 11.3. The van der Waals surface area contributed by atoms with Crippen LogP contribution in [0, 0.1) is 17.8 Å². The van der Waals surface area contributed by atoms with E-state index in [1.54, 1.807) is 0 Å². The van der Waals surface area contributed by atoms with Gasteiger partial charge in [0.15, 0.2) is 0 Å². The maximum absolute atomic E-state index is 6.21. The monoisotopic (exact) mass is 297 g/mol. The second-order valence-electron chi connectivity index (χ2n) is 6.21. The highest BCUT2D eigenvalue weighted by atomic mass is 35.5. The molecule has 2 bridgehead atoms. The van der Waals surface area contributed by atoms with Crippen LogP contribution in [0.3, 0.4) is 0 Å². The zero-order chi connectivity index (χ0) is 13.4. The molecule has 0 aliphatic heterocycles. The Bertz CT molecular complexity index is 440. The molecule has 0 heterocycles. The zero-order valence-corrected chi connectivity index (χ0v) is 12.8. The van der Waals surface area contributed by atoms with E-state index in [9.17, 15) is 0 Å². The molecule has 0 aromatic heterocycles. The van der Waals surface area contributed by atoms with Crippen molar-refractivity contribution in [3.8, 4) is 0 Å². The smallest absolute Gasteiger partial charge is 0.0465 e. The molecule has 4 unspecified atom stereocenters. The fourth-order valence-electron chi connectivity index (χ4n) is 4.02. The van der Waals surface area contributed by atoms with Crippen LogP contribution in [0.1, 0.15) is 38.2 Å². The summed E-state index contributed by atoms with van der Waals surface area (Å²) < 4.78 is 0. The van der Waals surface area contributed by atoms with Crippen LogP contribution < -0.4 is 5.32 Å². The van der Waals surface area contributed by atoms with E-state index in [4.69, 9.17) is 23.2 Å². The van der Waals surface area contributed by atoms with Crippen molar-refractivity contribution in [2.75, 3.05) is 0 Å². The van der Waals surface area contributed by atoms with Gasteiger partial charge in [0, 0.05) is 28.2 Å². The second kappa shape index (κ2) is 5.63. The molecule has 19 heavy (non-hydrogen) atoms. The number of rotatable bonds is 4. The van der Waals surface area contributed by atoms with Crippen LogP contribution in [-0.4, -0.2) is 6.04 Å². The van der Waals surface area contributed by atoms with Gasteiger partial charge in [-0.25, -0.2) is 0 Å². The van der Waals surface area contributed by atoms with Crippen LogP contribution in [0.25, 0.3) is 0 Å². The lowest BCUT2D eigenvalue weighted by molar-refractivity contribution is 0.259. The van der Waals surface area contributed by atoms with Gasteiger partial charge in [0.1, 0.15) is 0 Å². The van der Waals surface area contributed by atoms with E-state index in [2.05, 4.69) is 12.2 Å². The van der Waals surface area contributed by atoms with Gasteiger partial charge in [-0.3, -0.25) is 0 Å². The fourth-order valence-corrected chi connectivity index (χ4v) is 4.55. The Balaban J connectivity index is 1.60. The molecule has 3 rings (SSSR count). The first-order valence-corrected chi connectivity index (χ1v) is 8.07. The van der Waals surface area contributed by atoms with E-state index in [1.165, 1.54) is 25.7 Å². The number of benzene rings is 1. The Hall–Kier alpha value is -0.240. The highest BCUT2D eigenvalue weighted by Crippen LogP contribution is 2.49. The summed E-state index contributed by atoms with van der Waals surface area (Å²) in [7, 11) is 0. The van der Waals surface area contributed by atoms with Crippen molar-refractivity contribution in [3.63, 3.8) is 0 Å². The molecule has 1 aromatic carbocycles. The van der Waals surface area contributed by atoms with Crippen LogP contribution in [0.5, 0.6) is 0 Å². The van der Waals surface area contributed by atoms with Gasteiger partial charge in [-0.1, -0.05) is 35.7 Å². The third-order valence-electron chi connectivity index (χ3n) is 5.10. The van der Waals surface area contributed by atoms with Gasteiger partial charge in [-0.05, 0) is 56.1 Å². The van der Waals surface area contributed by atoms with E-state index >= 15 is 0 Å². The summed E-state index contributed by atoms with van der Waals surface area (Å²) in [6.07, 6.45) is 5.77. The predicted octanol–water partition coefficient (Wildman–Crippen LogP) is 4.91. The van der Waals surface area contributed by atoms with E-state index in [0.717, 1.165) is 39.9 Å². The Morgan fingerprint density at radius 2 is 1.95 bits per heavy atom. The van der Waals surface area contributed by atoms with Crippen LogP contribution >= 0.6 is 23.2 Å². The fraction of sp³-hybridized carbons (Fsp3) is 0.625. The SMILES string of the molecule is CC(NCc1c(Cl)cccc1Cl)C1CC2CCC1C2. The van der Waals surface area contributed by atoms with E-state index in [-0.39, 0.29) is 0 Å². The van der Waals surface area contributed by atoms with Crippen molar-refractivity contribution in [1.82, 2.24) is 5.32 Å². The van der Waals surface area contributed by atoms with Crippen molar-refractivity contribution < 1.29 is 0 Å². The third kappa shape index (κ3) is 2.79. The van der Waals surface area contributed by atoms with Crippen molar-refractivity contribution in [2.45, 2.75) is 45.2 Å². The lowest BCUT2D eigenvalue weighted by Gasteiger charge is -2.29. The van der Waals surface area contributed by atoms with Gasteiger partial charge in [0.05, 0.1) is 0 Å². The molecule has 4 atom stereocenters. The van der Waals surface area contributed by atoms with E-state index in [1.807, 2.05) is 18.2 Å². The first-order valence-electron chi connectivity index (χ1n) is 7.31. The van der Waals surface area contributed by atoms with Gasteiger partial charge in [-0.15, -0.1) is 0 Å². The highest BCUT2D eigenvalue weighted by molar-refractivity contribution is 6.35. The van der Waals surface area contributed by atoms with Crippen LogP contribution in [-0.2, 0) is 6.54 Å². The molecule has 2 fully saturated rings. The normalized spacial score (nSPS) is 30.8. The number of fused-ring (bicyclic) bond motifs is 2. The molecule has 2 saturated carbocycles. The molecule has 2 aliphatic rings. The molecule has 1 aromatic rings. The van der Waals surface area contributed by atoms with E-state index in [0.29, 0.717) is 6.04 Å². The Kier molecular flexibility index (Phi) is 4.07. The molecule has 0 spiro atoms. The number of halogens is 2. The van der Waals surface area contributed by atoms with Gasteiger partial charge in [0.25, 0.3) is 0 Å². The molecule has 2 aliphatic carbocycles. The molecule has 104 valence electrons. The molecule has 0 saturated heterocycles. The molecule has 0 radical (unpaired) electrons. The highest BCUT2D eigenvalue weighted by Gasteiger charge is 2.41. The lowest BCUT2D eigenvalue weighted by Crippen LogP contribution is -2.36. The summed E-state index contributed by atoms with van der Waals surface area (Å²) in [6, 6.07) is 6.27. The lowest BCUT2D eigenvalue weighted by atomic mass is 9.84. The van der Waals surface area contributed by atoms with Crippen molar-refractivity contribution in [1.29, 1.82) is 0 Å². The first-order chi connectivity index (χ1) is 9.15. The van der Waals surface area contributed by atoms with Gasteiger partial charge < -0.3 is 5.32 Å². The minimum Gasteiger partial charge on any atom is -0.310 e. The summed E-state index contributed by atoms with van der Waals surface area (Å²) in [5.41, 5.74) is 1.03. The molecule has 3 heteroatoms. The Morgan fingerprint density at radius 3 is 2.53 bits per heavy atom. The third-order valence-corrected chi connectivity index (χ3v) is 5.81. The van der Waals surface area contributed by atoms with Crippen LogP contribution in [0.2, 0.25) is 10.0 Å². The first kappa shape index (κ1) is 13.7. The van der Waals surface area contributed by atoms with Crippen molar-refractivity contribution in [2.24, 2.45) is 17.8 Å². The predicted molar refractivity (Wildman–Crippen MR) is 81.7 cm³/mol. The van der Waals surface area contributed by atoms with Gasteiger partial charge >= 0.3 is 0 Å². The maximum Gasteiger partial charge on any atom is 0.0465 e. The van der Waals surface area contributed by atoms with Gasteiger partial charge in [0.2, 0.25) is 0 Å². The van der Waals surface area contributed by atoms with E-state index < -0.39 is 0 Å². The number of nitrogens with one attached hydrogen (secondary N) is 1. The van der Waals surface area contributed by atoms with Crippen LogP contribution in [0.4, 0.5) is 0 Å². The number of hydrogen-bond donors (Lipinski definition) is 1. The summed E-state index contributed by atoms with van der Waals surface area (Å²) in [4.78, 5) is 0. The largest absolute Gasteiger partial charge is 0.310 e. The topological polar surface area (TPSA) is 12.0 Å². The van der Waals surface area contributed by atoms with Crippen molar-refractivity contribution >= 4 is 23.2 Å². The summed E-state index contributed by atoms with van der Waals surface area (Å²) in [6.45, 7) is 3.09.